The van der Waals surface area contributed by atoms with Crippen molar-refractivity contribution >= 4 is 23.2 Å². The number of fused-ring (bicyclic) bond motifs is 1. The molecule has 66 valence electrons. The van der Waals surface area contributed by atoms with Crippen LogP contribution in [0.15, 0.2) is 23.0 Å². The summed E-state index contributed by atoms with van der Waals surface area (Å²) in [6, 6.07) is 4.44. The third-order valence-corrected chi connectivity index (χ3v) is 2.26. The van der Waals surface area contributed by atoms with E-state index in [-0.39, 0.29) is 15.7 Å². The fourth-order valence-corrected chi connectivity index (χ4v) is 1.32. The Morgan fingerprint density at radius 2 is 2.08 bits per heavy atom. The number of nitrogens with zero attached hydrogens (tertiary/aromatic N) is 1. The molecule has 1 aliphatic heterocycles. The Balaban J connectivity index is 2.83. The highest BCUT2D eigenvalue weighted by Crippen LogP contribution is 2.23. The molecule has 0 aromatic carbocycles. The summed E-state index contributed by atoms with van der Waals surface area (Å²) in [7, 11) is 0. The normalized spacial score (nSPS) is 10.6. The topological polar surface area (TPSA) is 45.8 Å². The molecule has 5 heteroatoms. The number of rotatable bonds is 0. The average molecular weight is 215 g/mol. The lowest BCUT2D eigenvalue weighted by Gasteiger charge is -2.04. The summed E-state index contributed by atoms with van der Waals surface area (Å²) in [5.74, 6) is 0. The van der Waals surface area contributed by atoms with Gasteiger partial charge in [0.25, 0.3) is 0 Å². The van der Waals surface area contributed by atoms with Crippen LogP contribution in [-0.4, -0.2) is 9.97 Å². The Labute approximate surface area is 83.7 Å². The van der Waals surface area contributed by atoms with Crippen molar-refractivity contribution in [2.45, 2.75) is 0 Å². The molecular formula is C8H4Cl2N2O. The lowest BCUT2D eigenvalue weighted by molar-refractivity contribution is 1.19. The van der Waals surface area contributed by atoms with Crippen molar-refractivity contribution in [3.05, 3.63) is 38.7 Å². The molecule has 1 aliphatic carbocycles. The molecule has 0 spiro atoms. The molecular weight excluding hydrogens is 211 g/mol. The highest BCUT2D eigenvalue weighted by molar-refractivity contribution is 6.40. The van der Waals surface area contributed by atoms with Crippen LogP contribution in [0.3, 0.4) is 0 Å². The molecule has 1 N–H and O–H groups in total. The summed E-state index contributed by atoms with van der Waals surface area (Å²) < 4.78 is 0. The molecule has 0 aromatic rings. The van der Waals surface area contributed by atoms with Gasteiger partial charge in [-0.2, -0.15) is 0 Å². The predicted molar refractivity (Wildman–Crippen MR) is 51.5 cm³/mol. The molecule has 2 rings (SSSR count). The Morgan fingerprint density at radius 1 is 1.31 bits per heavy atom. The maximum absolute atomic E-state index is 11.0. The molecule has 0 amide bonds. The zero-order valence-electron chi connectivity index (χ0n) is 6.34. The van der Waals surface area contributed by atoms with Gasteiger partial charge in [0.1, 0.15) is 5.15 Å². The van der Waals surface area contributed by atoms with Gasteiger partial charge in [0.15, 0.2) is 10.6 Å². The van der Waals surface area contributed by atoms with Gasteiger partial charge in [0, 0.05) is 6.07 Å². The van der Waals surface area contributed by atoms with E-state index < -0.39 is 0 Å². The van der Waals surface area contributed by atoms with Crippen LogP contribution in [0.5, 0.6) is 0 Å². The third-order valence-electron chi connectivity index (χ3n) is 1.61. The molecule has 0 aromatic heterocycles. The number of halogens is 2. The second-order valence-corrected chi connectivity index (χ2v) is 3.26. The van der Waals surface area contributed by atoms with Crippen LogP contribution in [0.25, 0.3) is 11.4 Å². The van der Waals surface area contributed by atoms with E-state index in [0.29, 0.717) is 11.4 Å². The van der Waals surface area contributed by atoms with Gasteiger partial charge in [-0.3, -0.25) is 4.79 Å². The van der Waals surface area contributed by atoms with E-state index >= 15 is 0 Å². The molecule has 0 fully saturated rings. The van der Waals surface area contributed by atoms with Gasteiger partial charge < -0.3 is 4.98 Å². The van der Waals surface area contributed by atoms with Gasteiger partial charge in [0.05, 0.1) is 11.4 Å². The van der Waals surface area contributed by atoms with E-state index in [1.54, 1.807) is 6.07 Å². The van der Waals surface area contributed by atoms with Crippen LogP contribution in [0.4, 0.5) is 0 Å². The predicted octanol–water partition coefficient (Wildman–Crippen LogP) is 2.18. The third kappa shape index (κ3) is 1.53. The number of aromatic amines is 1. The molecule has 2 aliphatic rings. The van der Waals surface area contributed by atoms with E-state index in [9.17, 15) is 4.79 Å². The number of H-pyrrole nitrogens is 1. The Hall–Kier alpha value is -1.06. The minimum absolute atomic E-state index is 0.0936. The first-order chi connectivity index (χ1) is 6.16. The largest absolute Gasteiger partial charge is 0.342 e. The van der Waals surface area contributed by atoms with Gasteiger partial charge in [-0.15, -0.1) is 0 Å². The second-order valence-electron chi connectivity index (χ2n) is 2.52. The first kappa shape index (κ1) is 8.53. The van der Waals surface area contributed by atoms with Crippen LogP contribution in [0.2, 0.25) is 10.3 Å². The summed E-state index contributed by atoms with van der Waals surface area (Å²) in [5, 5.41) is 0.438. The zero-order valence-corrected chi connectivity index (χ0v) is 7.86. The summed E-state index contributed by atoms with van der Waals surface area (Å²) in [4.78, 5) is 17.7. The number of nitrogens with one attached hydrogen (secondary N) is 1. The monoisotopic (exact) mass is 214 g/mol. The number of aromatic nitrogens is 2. The zero-order chi connectivity index (χ0) is 9.42. The smallest absolute Gasteiger partial charge is 0.180 e. The minimum Gasteiger partial charge on any atom is -0.342 e. The van der Waals surface area contributed by atoms with Gasteiger partial charge >= 0.3 is 0 Å². The van der Waals surface area contributed by atoms with E-state index in [4.69, 9.17) is 23.2 Å². The van der Waals surface area contributed by atoms with E-state index in [1.165, 1.54) is 12.1 Å². The second kappa shape index (κ2) is 3.01. The lowest BCUT2D eigenvalue weighted by Crippen LogP contribution is -2.01. The Bertz CT molecular complexity index is 480. The Morgan fingerprint density at radius 3 is 2.85 bits per heavy atom. The van der Waals surface area contributed by atoms with Gasteiger partial charge in [-0.1, -0.05) is 23.2 Å². The van der Waals surface area contributed by atoms with Crippen molar-refractivity contribution < 1.29 is 0 Å². The molecule has 0 atom stereocenters. The molecule has 13 heavy (non-hydrogen) atoms. The summed E-state index contributed by atoms with van der Waals surface area (Å²) in [6.45, 7) is 0. The molecule has 0 unspecified atom stereocenters. The maximum Gasteiger partial charge on any atom is 0.180 e. The summed E-state index contributed by atoms with van der Waals surface area (Å²) in [5.41, 5.74) is 1.11. The molecule has 1 heterocycles. The van der Waals surface area contributed by atoms with E-state index in [1.807, 2.05) is 0 Å². The standard InChI is InChI=1S/C8H4Cl2N2O/c9-7-8(10)12-6-3-4(13)1-2-5(6)11-7/h1-3,12H. The van der Waals surface area contributed by atoms with Crippen LogP contribution in [-0.2, 0) is 0 Å². The van der Waals surface area contributed by atoms with Crippen molar-refractivity contribution in [1.29, 1.82) is 0 Å². The van der Waals surface area contributed by atoms with E-state index in [2.05, 4.69) is 9.97 Å². The fourth-order valence-electron chi connectivity index (χ4n) is 1.04. The summed E-state index contributed by atoms with van der Waals surface area (Å²) >= 11 is 11.4. The molecule has 0 bridgehead atoms. The molecule has 0 saturated heterocycles. The maximum atomic E-state index is 11.0. The van der Waals surface area contributed by atoms with Crippen molar-refractivity contribution in [2.24, 2.45) is 0 Å². The highest BCUT2D eigenvalue weighted by Gasteiger charge is 2.07. The highest BCUT2D eigenvalue weighted by atomic mass is 35.5. The minimum atomic E-state index is -0.0936. The van der Waals surface area contributed by atoms with Crippen molar-refractivity contribution in [1.82, 2.24) is 9.97 Å². The quantitative estimate of drug-likeness (QED) is 0.731. The number of hydrogen-bond donors (Lipinski definition) is 1. The molecule has 3 nitrogen and oxygen atoms in total. The van der Waals surface area contributed by atoms with E-state index in [0.717, 1.165) is 0 Å². The van der Waals surface area contributed by atoms with Gasteiger partial charge in [-0.25, -0.2) is 4.98 Å². The lowest BCUT2D eigenvalue weighted by atomic mass is 10.2. The number of hydrogen-bond acceptors (Lipinski definition) is 2. The van der Waals surface area contributed by atoms with Crippen molar-refractivity contribution in [3.8, 4) is 11.4 Å². The fraction of sp³-hybridized carbons (Fsp3) is 0. The van der Waals surface area contributed by atoms with Crippen molar-refractivity contribution in [2.75, 3.05) is 0 Å². The first-order valence-corrected chi connectivity index (χ1v) is 4.27. The Kier molecular flexibility index (Phi) is 1.98. The van der Waals surface area contributed by atoms with Crippen LogP contribution < -0.4 is 5.43 Å². The first-order valence-electron chi connectivity index (χ1n) is 3.52. The molecule has 0 saturated carbocycles. The SMILES string of the molecule is O=c1ccc2nc(Cl)c(Cl)[nH]c-2c1. The van der Waals surface area contributed by atoms with Gasteiger partial charge in [0.2, 0.25) is 0 Å². The summed E-state index contributed by atoms with van der Waals surface area (Å²) in [6.07, 6.45) is 0. The average Bonchev–Trinajstić information content (AvgIpc) is 2.08. The van der Waals surface area contributed by atoms with Crippen LogP contribution >= 0.6 is 23.2 Å². The number of benzene rings is 1. The molecule has 0 radical (unpaired) electrons. The van der Waals surface area contributed by atoms with Crippen molar-refractivity contribution in [3.63, 3.8) is 0 Å². The van der Waals surface area contributed by atoms with Gasteiger partial charge in [-0.05, 0) is 12.1 Å². The van der Waals surface area contributed by atoms with Crippen LogP contribution in [0, 0.1) is 0 Å². The van der Waals surface area contributed by atoms with Crippen LogP contribution in [0.1, 0.15) is 0 Å².